The lowest BCUT2D eigenvalue weighted by molar-refractivity contribution is -0.0500. The number of halogens is 3. The summed E-state index contributed by atoms with van der Waals surface area (Å²) in [6.07, 6.45) is 0. The largest absolute Gasteiger partial charge is 0.534 e. The molecular formula is C10H11F3O4S. The summed E-state index contributed by atoms with van der Waals surface area (Å²) >= 11 is 0. The first-order chi connectivity index (χ1) is 8.19. The average Bonchev–Trinajstić information content (AvgIpc) is 2.22. The first kappa shape index (κ1) is 14.6. The van der Waals surface area contributed by atoms with Gasteiger partial charge in [0, 0.05) is 5.56 Å². The molecule has 0 saturated carbocycles. The molecule has 0 radical (unpaired) electrons. The zero-order valence-corrected chi connectivity index (χ0v) is 10.4. The Morgan fingerprint density at radius 1 is 1.22 bits per heavy atom. The molecule has 0 saturated heterocycles. The third kappa shape index (κ3) is 3.06. The van der Waals surface area contributed by atoms with Gasteiger partial charge in [0.25, 0.3) is 0 Å². The van der Waals surface area contributed by atoms with Crippen molar-refractivity contribution in [3.63, 3.8) is 0 Å². The van der Waals surface area contributed by atoms with Crippen LogP contribution in [0.4, 0.5) is 13.2 Å². The van der Waals surface area contributed by atoms with E-state index in [1.54, 1.807) is 6.92 Å². The van der Waals surface area contributed by atoms with Crippen LogP contribution in [0.25, 0.3) is 0 Å². The van der Waals surface area contributed by atoms with Gasteiger partial charge in [0.05, 0.1) is 6.61 Å². The molecule has 0 spiro atoms. The van der Waals surface area contributed by atoms with Crippen LogP contribution in [0.5, 0.6) is 11.5 Å². The number of hydrogen-bond acceptors (Lipinski definition) is 4. The SMILES string of the molecule is CCOc1cccc(OS(=O)(=O)C(F)(F)F)c1C. The Bertz CT molecular complexity index is 522. The molecule has 18 heavy (non-hydrogen) atoms. The summed E-state index contributed by atoms with van der Waals surface area (Å²) in [5.41, 5.74) is -5.27. The number of rotatable bonds is 4. The smallest absolute Gasteiger partial charge is 0.493 e. The molecule has 0 amide bonds. The van der Waals surface area contributed by atoms with Gasteiger partial charge < -0.3 is 8.92 Å². The topological polar surface area (TPSA) is 52.6 Å². The molecule has 1 aromatic rings. The van der Waals surface area contributed by atoms with Crippen LogP contribution in [0.1, 0.15) is 12.5 Å². The molecular weight excluding hydrogens is 273 g/mol. The summed E-state index contributed by atoms with van der Waals surface area (Å²) in [7, 11) is -5.66. The van der Waals surface area contributed by atoms with Crippen molar-refractivity contribution in [2.45, 2.75) is 19.4 Å². The lowest BCUT2D eigenvalue weighted by Gasteiger charge is -2.13. The van der Waals surface area contributed by atoms with Crippen LogP contribution in [0, 0.1) is 6.92 Å². The van der Waals surface area contributed by atoms with E-state index in [1.165, 1.54) is 19.1 Å². The van der Waals surface area contributed by atoms with Crippen molar-refractivity contribution in [1.82, 2.24) is 0 Å². The van der Waals surface area contributed by atoms with E-state index in [0.29, 0.717) is 6.61 Å². The molecule has 0 N–H and O–H groups in total. The first-order valence-corrected chi connectivity index (χ1v) is 6.33. The molecule has 0 aliphatic rings. The van der Waals surface area contributed by atoms with Gasteiger partial charge in [-0.1, -0.05) is 6.07 Å². The van der Waals surface area contributed by atoms with Gasteiger partial charge in [0.15, 0.2) is 0 Å². The van der Waals surface area contributed by atoms with Gasteiger partial charge in [-0.3, -0.25) is 0 Å². The van der Waals surface area contributed by atoms with Crippen LogP contribution >= 0.6 is 0 Å². The molecule has 1 aromatic carbocycles. The summed E-state index contributed by atoms with van der Waals surface area (Å²) in [4.78, 5) is 0. The molecule has 0 aliphatic carbocycles. The number of alkyl halides is 3. The van der Waals surface area contributed by atoms with Gasteiger partial charge in [0.2, 0.25) is 0 Å². The van der Waals surface area contributed by atoms with Crippen molar-refractivity contribution in [3.05, 3.63) is 23.8 Å². The van der Waals surface area contributed by atoms with Crippen molar-refractivity contribution in [2.24, 2.45) is 0 Å². The fraction of sp³-hybridized carbons (Fsp3) is 0.400. The zero-order chi connectivity index (χ0) is 14.0. The highest BCUT2D eigenvalue weighted by Gasteiger charge is 2.48. The van der Waals surface area contributed by atoms with E-state index >= 15 is 0 Å². The van der Waals surface area contributed by atoms with E-state index in [-0.39, 0.29) is 11.3 Å². The minimum Gasteiger partial charge on any atom is -0.493 e. The fourth-order valence-electron chi connectivity index (χ4n) is 1.16. The molecule has 0 aliphatic heterocycles. The van der Waals surface area contributed by atoms with E-state index in [9.17, 15) is 21.6 Å². The second-order valence-corrected chi connectivity index (χ2v) is 4.83. The van der Waals surface area contributed by atoms with Gasteiger partial charge in [-0.25, -0.2) is 0 Å². The van der Waals surface area contributed by atoms with Crippen molar-refractivity contribution in [2.75, 3.05) is 6.61 Å². The van der Waals surface area contributed by atoms with E-state index < -0.39 is 21.4 Å². The number of ether oxygens (including phenoxy) is 1. The molecule has 1 rings (SSSR count). The fourth-order valence-corrected chi connectivity index (χ4v) is 1.67. The molecule has 0 aromatic heterocycles. The van der Waals surface area contributed by atoms with Gasteiger partial charge in [0.1, 0.15) is 11.5 Å². The summed E-state index contributed by atoms with van der Waals surface area (Å²) in [6.45, 7) is 3.40. The first-order valence-electron chi connectivity index (χ1n) is 4.92. The monoisotopic (exact) mass is 284 g/mol. The molecule has 8 heteroatoms. The van der Waals surface area contributed by atoms with E-state index in [1.807, 2.05) is 0 Å². The highest BCUT2D eigenvalue weighted by atomic mass is 32.2. The van der Waals surface area contributed by atoms with E-state index in [2.05, 4.69) is 4.18 Å². The van der Waals surface area contributed by atoms with Crippen LogP contribution in [-0.4, -0.2) is 20.5 Å². The minimum absolute atomic E-state index is 0.187. The highest BCUT2D eigenvalue weighted by molar-refractivity contribution is 7.88. The second-order valence-electron chi connectivity index (χ2n) is 3.30. The summed E-state index contributed by atoms with van der Waals surface area (Å²) in [6, 6.07) is 3.98. The van der Waals surface area contributed by atoms with Crippen molar-refractivity contribution < 1.29 is 30.5 Å². The maximum atomic E-state index is 12.2. The Morgan fingerprint density at radius 2 is 1.78 bits per heavy atom. The molecule has 102 valence electrons. The third-order valence-electron chi connectivity index (χ3n) is 2.02. The third-order valence-corrected chi connectivity index (χ3v) is 2.98. The van der Waals surface area contributed by atoms with Crippen molar-refractivity contribution in [3.8, 4) is 11.5 Å². The Labute approximate surface area is 102 Å². The molecule has 0 bridgehead atoms. The summed E-state index contributed by atoms with van der Waals surface area (Å²) < 4.78 is 67.3. The molecule has 0 atom stereocenters. The predicted molar refractivity (Wildman–Crippen MR) is 58.0 cm³/mol. The van der Waals surface area contributed by atoms with Crippen LogP contribution in [-0.2, 0) is 10.1 Å². The maximum Gasteiger partial charge on any atom is 0.534 e. The standard InChI is InChI=1S/C10H11F3O4S/c1-3-16-8-5-4-6-9(7(8)2)17-18(14,15)10(11,12)13/h4-6H,3H2,1-2H3. The quantitative estimate of drug-likeness (QED) is 0.630. The Morgan fingerprint density at radius 3 is 2.28 bits per heavy atom. The van der Waals surface area contributed by atoms with Crippen LogP contribution in [0.15, 0.2) is 18.2 Å². The average molecular weight is 284 g/mol. The molecule has 0 unspecified atom stereocenters. The minimum atomic E-state index is -5.66. The van der Waals surface area contributed by atoms with Gasteiger partial charge >= 0.3 is 15.6 Å². The number of hydrogen-bond donors (Lipinski definition) is 0. The Kier molecular flexibility index (Phi) is 4.10. The Hall–Kier alpha value is -1.44. The van der Waals surface area contributed by atoms with E-state index in [0.717, 1.165) is 6.07 Å². The van der Waals surface area contributed by atoms with Crippen LogP contribution in [0.3, 0.4) is 0 Å². The normalized spacial score (nSPS) is 12.3. The molecule has 0 heterocycles. The van der Waals surface area contributed by atoms with Gasteiger partial charge in [-0.05, 0) is 26.0 Å². The lowest BCUT2D eigenvalue weighted by Crippen LogP contribution is -2.28. The van der Waals surface area contributed by atoms with Crippen molar-refractivity contribution >= 4 is 10.1 Å². The van der Waals surface area contributed by atoms with Crippen LogP contribution in [0.2, 0.25) is 0 Å². The van der Waals surface area contributed by atoms with Gasteiger partial charge in [-0.15, -0.1) is 0 Å². The maximum absolute atomic E-state index is 12.2. The molecule has 0 fully saturated rings. The summed E-state index contributed by atoms with van der Waals surface area (Å²) in [5.74, 6) is -0.134. The van der Waals surface area contributed by atoms with Gasteiger partial charge in [-0.2, -0.15) is 21.6 Å². The molecule has 4 nitrogen and oxygen atoms in total. The van der Waals surface area contributed by atoms with Crippen molar-refractivity contribution in [1.29, 1.82) is 0 Å². The highest BCUT2D eigenvalue weighted by Crippen LogP contribution is 2.32. The Balaban J connectivity index is 3.10. The summed E-state index contributed by atoms with van der Waals surface area (Å²) in [5, 5.41) is 0. The lowest BCUT2D eigenvalue weighted by atomic mass is 10.2. The predicted octanol–water partition coefficient (Wildman–Crippen LogP) is 2.62. The second kappa shape index (κ2) is 5.05. The number of benzene rings is 1. The zero-order valence-electron chi connectivity index (χ0n) is 9.61. The van der Waals surface area contributed by atoms with E-state index in [4.69, 9.17) is 4.74 Å². The van der Waals surface area contributed by atoms with Crippen LogP contribution < -0.4 is 8.92 Å².